The smallest absolute Gasteiger partial charge is 0.320 e. The number of methoxy groups -OCH3 is 1. The lowest BCUT2D eigenvalue weighted by molar-refractivity contribution is -0.169. The molecule has 3 heteroatoms. The molecule has 2 aliphatic rings. The average molecular weight is 236 g/mol. The second kappa shape index (κ2) is 3.69. The number of ketones is 1. The number of hydrogen-bond acceptors (Lipinski definition) is 3. The second-order valence-electron chi connectivity index (χ2n) is 5.89. The summed E-state index contributed by atoms with van der Waals surface area (Å²) in [5, 5.41) is 0. The van der Waals surface area contributed by atoms with Crippen molar-refractivity contribution in [2.75, 3.05) is 7.11 Å². The maximum Gasteiger partial charge on any atom is 0.320 e. The molecule has 0 aromatic heterocycles. The number of Topliss-reactive ketones (excluding diaryl/α,β-unsaturated/α-hetero) is 1. The normalized spacial score (nSPS) is 38.9. The number of carbonyl (C=O) groups excluding carboxylic acids is 2. The van der Waals surface area contributed by atoms with E-state index in [0.717, 1.165) is 6.42 Å². The van der Waals surface area contributed by atoms with Crippen molar-refractivity contribution in [3.63, 3.8) is 0 Å². The maximum atomic E-state index is 12.7. The van der Waals surface area contributed by atoms with Crippen molar-refractivity contribution in [2.45, 2.75) is 33.6 Å². The molecule has 2 aliphatic carbocycles. The molecule has 0 bridgehead atoms. The molecule has 0 heterocycles. The highest BCUT2D eigenvalue weighted by Gasteiger charge is 2.61. The molecule has 0 amide bonds. The first kappa shape index (κ1) is 12.3. The van der Waals surface area contributed by atoms with Crippen molar-refractivity contribution in [1.82, 2.24) is 0 Å². The Bertz CT molecular complexity index is 394. The van der Waals surface area contributed by atoms with Gasteiger partial charge in [-0.2, -0.15) is 0 Å². The van der Waals surface area contributed by atoms with E-state index < -0.39 is 10.8 Å². The molecular weight excluding hydrogens is 216 g/mol. The fourth-order valence-electron chi connectivity index (χ4n) is 3.26. The van der Waals surface area contributed by atoms with Gasteiger partial charge in [-0.15, -0.1) is 0 Å². The van der Waals surface area contributed by atoms with Gasteiger partial charge in [0.05, 0.1) is 7.11 Å². The monoisotopic (exact) mass is 236 g/mol. The zero-order valence-electron chi connectivity index (χ0n) is 10.9. The molecule has 17 heavy (non-hydrogen) atoms. The minimum absolute atomic E-state index is 0.0190. The molecule has 3 nitrogen and oxygen atoms in total. The Hall–Kier alpha value is -1.12. The van der Waals surface area contributed by atoms with Gasteiger partial charge in [0.15, 0.2) is 5.78 Å². The third kappa shape index (κ3) is 1.41. The Morgan fingerprint density at radius 3 is 2.71 bits per heavy atom. The maximum absolute atomic E-state index is 12.7. The van der Waals surface area contributed by atoms with Crippen LogP contribution in [0.1, 0.15) is 33.6 Å². The van der Waals surface area contributed by atoms with E-state index in [9.17, 15) is 9.59 Å². The highest BCUT2D eigenvalue weighted by molar-refractivity contribution is 6.08. The quantitative estimate of drug-likeness (QED) is 0.399. The van der Waals surface area contributed by atoms with Crippen molar-refractivity contribution >= 4 is 11.8 Å². The fourth-order valence-corrected chi connectivity index (χ4v) is 3.26. The lowest BCUT2D eigenvalue weighted by Gasteiger charge is -2.46. The van der Waals surface area contributed by atoms with Gasteiger partial charge in [0, 0.05) is 11.3 Å². The predicted octanol–water partition coefficient (Wildman–Crippen LogP) is 2.36. The standard InChI is InChI=1S/C14H20O3/c1-9-8-10-6-5-7-14(10,12(16)17-4)11(15)13(9,2)3/h5-6,9-10H,7-8H2,1-4H3/t9-,10+,14-/m1/s1. The molecule has 0 saturated heterocycles. The van der Waals surface area contributed by atoms with Gasteiger partial charge in [-0.1, -0.05) is 32.9 Å². The molecule has 0 radical (unpaired) electrons. The fraction of sp³-hybridized carbons (Fsp3) is 0.714. The number of hydrogen-bond donors (Lipinski definition) is 0. The van der Waals surface area contributed by atoms with Gasteiger partial charge in [-0.05, 0) is 18.8 Å². The molecule has 3 atom stereocenters. The molecule has 1 saturated carbocycles. The Morgan fingerprint density at radius 1 is 1.47 bits per heavy atom. The van der Waals surface area contributed by atoms with E-state index in [2.05, 4.69) is 6.92 Å². The molecule has 0 unspecified atom stereocenters. The van der Waals surface area contributed by atoms with Crippen molar-refractivity contribution in [2.24, 2.45) is 22.7 Å². The van der Waals surface area contributed by atoms with Crippen molar-refractivity contribution in [1.29, 1.82) is 0 Å². The van der Waals surface area contributed by atoms with E-state index in [0.29, 0.717) is 12.3 Å². The minimum atomic E-state index is -0.940. The Balaban J connectivity index is 2.48. The highest BCUT2D eigenvalue weighted by Crippen LogP contribution is 2.55. The molecule has 94 valence electrons. The van der Waals surface area contributed by atoms with E-state index in [4.69, 9.17) is 4.74 Å². The molecule has 0 spiro atoms. The summed E-state index contributed by atoms with van der Waals surface area (Å²) in [5.74, 6) is -0.00548. The first-order valence-electron chi connectivity index (χ1n) is 6.17. The zero-order valence-corrected chi connectivity index (χ0v) is 10.9. The van der Waals surface area contributed by atoms with E-state index in [1.54, 1.807) is 0 Å². The number of allylic oxidation sites excluding steroid dienone is 2. The summed E-state index contributed by atoms with van der Waals surface area (Å²) in [7, 11) is 1.37. The molecule has 0 aromatic carbocycles. The molecule has 0 aliphatic heterocycles. The summed E-state index contributed by atoms with van der Waals surface area (Å²) < 4.78 is 4.89. The van der Waals surface area contributed by atoms with Crippen molar-refractivity contribution in [3.05, 3.63) is 12.2 Å². The van der Waals surface area contributed by atoms with Gasteiger partial charge in [0.2, 0.25) is 0 Å². The van der Waals surface area contributed by atoms with Crippen LogP contribution >= 0.6 is 0 Å². The van der Waals surface area contributed by atoms with Crippen LogP contribution in [0.25, 0.3) is 0 Å². The van der Waals surface area contributed by atoms with E-state index in [1.165, 1.54) is 7.11 Å². The topological polar surface area (TPSA) is 43.4 Å². The average Bonchev–Trinajstić information content (AvgIpc) is 2.70. The van der Waals surface area contributed by atoms with Crippen molar-refractivity contribution < 1.29 is 14.3 Å². The van der Waals surface area contributed by atoms with Gasteiger partial charge >= 0.3 is 5.97 Å². The summed E-state index contributed by atoms with van der Waals surface area (Å²) in [6.45, 7) is 5.98. The van der Waals surface area contributed by atoms with Gasteiger partial charge in [0.25, 0.3) is 0 Å². The van der Waals surface area contributed by atoms with Crippen molar-refractivity contribution in [3.8, 4) is 0 Å². The second-order valence-corrected chi connectivity index (χ2v) is 5.89. The van der Waals surface area contributed by atoms with Gasteiger partial charge < -0.3 is 4.74 Å². The van der Waals surface area contributed by atoms with Gasteiger partial charge in [0.1, 0.15) is 5.41 Å². The summed E-state index contributed by atoms with van der Waals surface area (Å²) in [4.78, 5) is 24.8. The molecule has 1 fully saturated rings. The van der Waals surface area contributed by atoms with Crippen LogP contribution in [0.3, 0.4) is 0 Å². The number of carbonyl (C=O) groups is 2. The summed E-state index contributed by atoms with van der Waals surface area (Å²) in [6.07, 6.45) is 5.35. The molecule has 2 rings (SSSR count). The van der Waals surface area contributed by atoms with E-state index in [-0.39, 0.29) is 17.7 Å². The number of rotatable bonds is 1. The summed E-state index contributed by atoms with van der Waals surface area (Å²) >= 11 is 0. The van der Waals surface area contributed by atoms with Crippen LogP contribution in [0, 0.1) is 22.7 Å². The van der Waals surface area contributed by atoms with Crippen LogP contribution in [-0.2, 0) is 14.3 Å². The Labute approximate surface area is 102 Å². The number of esters is 1. The van der Waals surface area contributed by atoms with Crippen LogP contribution in [0.4, 0.5) is 0 Å². The van der Waals surface area contributed by atoms with Crippen LogP contribution in [-0.4, -0.2) is 18.9 Å². The number of fused-ring (bicyclic) bond motifs is 1. The summed E-state index contributed by atoms with van der Waals surface area (Å²) in [5.41, 5.74) is -1.39. The molecular formula is C14H20O3. The summed E-state index contributed by atoms with van der Waals surface area (Å²) in [6, 6.07) is 0. The molecule has 0 N–H and O–H groups in total. The Morgan fingerprint density at radius 2 is 2.12 bits per heavy atom. The minimum Gasteiger partial charge on any atom is -0.468 e. The Kier molecular flexibility index (Phi) is 2.68. The third-order valence-corrected chi connectivity index (χ3v) is 4.82. The number of ether oxygens (including phenoxy) is 1. The zero-order chi connectivity index (χ0) is 12.8. The SMILES string of the molecule is COC(=O)[C@]12CC=C[C@H]1C[C@@H](C)C(C)(C)C2=O. The lowest BCUT2D eigenvalue weighted by Crippen LogP contribution is -2.55. The first-order valence-corrected chi connectivity index (χ1v) is 6.17. The van der Waals surface area contributed by atoms with E-state index in [1.807, 2.05) is 26.0 Å². The van der Waals surface area contributed by atoms with Gasteiger partial charge in [-0.25, -0.2) is 0 Å². The van der Waals surface area contributed by atoms with Crippen LogP contribution in [0.15, 0.2) is 12.2 Å². The van der Waals surface area contributed by atoms with Crippen LogP contribution < -0.4 is 0 Å². The first-order chi connectivity index (χ1) is 7.87. The largest absolute Gasteiger partial charge is 0.468 e. The molecule has 0 aromatic rings. The highest BCUT2D eigenvalue weighted by atomic mass is 16.5. The van der Waals surface area contributed by atoms with Crippen LogP contribution in [0.5, 0.6) is 0 Å². The van der Waals surface area contributed by atoms with Crippen LogP contribution in [0.2, 0.25) is 0 Å². The predicted molar refractivity (Wildman–Crippen MR) is 64.3 cm³/mol. The van der Waals surface area contributed by atoms with E-state index >= 15 is 0 Å². The van der Waals surface area contributed by atoms with Gasteiger partial charge in [-0.3, -0.25) is 9.59 Å². The lowest BCUT2D eigenvalue weighted by atomic mass is 9.54. The third-order valence-electron chi connectivity index (χ3n) is 4.82.